The van der Waals surface area contributed by atoms with Gasteiger partial charge in [0.2, 0.25) is 5.89 Å². The van der Waals surface area contributed by atoms with Gasteiger partial charge in [0.15, 0.2) is 0 Å². The van der Waals surface area contributed by atoms with Crippen LogP contribution in [0.2, 0.25) is 0 Å². The molecule has 7 nitrogen and oxygen atoms in total. The maximum atomic E-state index is 5.17. The van der Waals surface area contributed by atoms with Crippen molar-refractivity contribution in [1.82, 2.24) is 20.1 Å². The van der Waals surface area contributed by atoms with Crippen LogP contribution in [-0.4, -0.2) is 34.2 Å². The molecular weight excluding hydrogens is 336 g/mol. The van der Waals surface area contributed by atoms with Crippen molar-refractivity contribution < 1.29 is 4.52 Å². The number of anilines is 2. The van der Waals surface area contributed by atoms with E-state index in [0.717, 1.165) is 21.2 Å². The Morgan fingerprint density at radius 1 is 1.29 bits per heavy atom. The van der Waals surface area contributed by atoms with Crippen LogP contribution in [0, 0.1) is 0 Å². The van der Waals surface area contributed by atoms with Gasteiger partial charge in [-0.15, -0.1) is 0 Å². The van der Waals surface area contributed by atoms with Crippen LogP contribution < -0.4 is 10.2 Å². The Kier molecular flexibility index (Phi) is 3.70. The van der Waals surface area contributed by atoms with Crippen molar-refractivity contribution in [2.45, 2.75) is 6.54 Å². The van der Waals surface area contributed by atoms with Gasteiger partial charge in [0.25, 0.3) is 5.95 Å². The Labute approximate surface area is 129 Å². The Balaban J connectivity index is 1.82. The van der Waals surface area contributed by atoms with E-state index in [2.05, 4.69) is 41.4 Å². The number of nitrogens with zero attached hydrogens (tertiary/aromatic N) is 5. The molecule has 0 fully saturated rings. The van der Waals surface area contributed by atoms with E-state index in [-0.39, 0.29) is 0 Å². The van der Waals surface area contributed by atoms with Crippen LogP contribution >= 0.6 is 15.9 Å². The van der Waals surface area contributed by atoms with Crippen LogP contribution in [0.15, 0.2) is 33.5 Å². The van der Waals surface area contributed by atoms with E-state index in [1.165, 1.54) is 6.33 Å². The second kappa shape index (κ2) is 5.65. The molecule has 21 heavy (non-hydrogen) atoms. The third-order valence-corrected chi connectivity index (χ3v) is 3.36. The van der Waals surface area contributed by atoms with Gasteiger partial charge < -0.3 is 14.7 Å². The number of benzene rings is 1. The molecule has 0 saturated carbocycles. The summed E-state index contributed by atoms with van der Waals surface area (Å²) in [5, 5.41) is 7.99. The highest BCUT2D eigenvalue weighted by molar-refractivity contribution is 9.10. The molecule has 0 radical (unpaired) electrons. The van der Waals surface area contributed by atoms with E-state index < -0.39 is 0 Å². The van der Waals surface area contributed by atoms with Gasteiger partial charge in [-0.2, -0.15) is 4.98 Å². The maximum Gasteiger partial charge on any atom is 0.265 e. The predicted octanol–water partition coefficient (Wildman–Crippen LogP) is 2.45. The lowest BCUT2D eigenvalue weighted by atomic mass is 10.2. The zero-order chi connectivity index (χ0) is 14.8. The normalized spacial score (nSPS) is 10.8. The van der Waals surface area contributed by atoms with Crippen molar-refractivity contribution >= 4 is 38.6 Å². The van der Waals surface area contributed by atoms with Crippen LogP contribution in [0.3, 0.4) is 0 Å². The number of rotatable bonds is 4. The number of hydrogen-bond donors (Lipinski definition) is 1. The first-order valence-corrected chi connectivity index (χ1v) is 7.07. The zero-order valence-corrected chi connectivity index (χ0v) is 13.1. The Bertz CT molecular complexity index is 772. The molecule has 0 aliphatic carbocycles. The van der Waals surface area contributed by atoms with E-state index in [1.54, 1.807) is 4.90 Å². The minimum Gasteiger partial charge on any atom is -0.360 e. The number of nitrogens with one attached hydrogen (secondary N) is 1. The van der Waals surface area contributed by atoms with E-state index >= 15 is 0 Å². The molecule has 0 amide bonds. The Morgan fingerprint density at radius 3 is 2.90 bits per heavy atom. The summed E-state index contributed by atoms with van der Waals surface area (Å²) in [7, 11) is 3.72. The second-order valence-electron chi connectivity index (χ2n) is 4.62. The summed E-state index contributed by atoms with van der Waals surface area (Å²) >= 11 is 3.45. The molecule has 2 heterocycles. The summed E-state index contributed by atoms with van der Waals surface area (Å²) in [4.78, 5) is 14.5. The lowest BCUT2D eigenvalue weighted by Gasteiger charge is -2.06. The molecule has 0 unspecified atom stereocenters. The van der Waals surface area contributed by atoms with Crippen LogP contribution in [0.5, 0.6) is 0 Å². The lowest BCUT2D eigenvalue weighted by Crippen LogP contribution is -2.10. The highest BCUT2D eigenvalue weighted by Crippen LogP contribution is 2.23. The summed E-state index contributed by atoms with van der Waals surface area (Å²) in [6.45, 7) is 0.402. The monoisotopic (exact) mass is 348 g/mol. The van der Waals surface area contributed by atoms with Crippen molar-refractivity contribution in [2.75, 3.05) is 24.3 Å². The summed E-state index contributed by atoms with van der Waals surface area (Å²) in [5.41, 5.74) is 0.871. The highest BCUT2D eigenvalue weighted by Gasteiger charge is 2.09. The third kappa shape index (κ3) is 2.94. The fourth-order valence-electron chi connectivity index (χ4n) is 1.83. The largest absolute Gasteiger partial charge is 0.360 e. The number of fused-ring (bicyclic) bond motifs is 1. The molecule has 0 saturated heterocycles. The summed E-state index contributed by atoms with van der Waals surface area (Å²) in [6.07, 6.45) is 1.53. The van der Waals surface area contributed by atoms with Crippen LogP contribution in [-0.2, 0) is 6.54 Å². The maximum absolute atomic E-state index is 5.17. The highest BCUT2D eigenvalue weighted by atomic mass is 79.9. The molecule has 8 heteroatoms. The molecule has 0 atom stereocenters. The summed E-state index contributed by atoms with van der Waals surface area (Å²) < 4.78 is 6.14. The van der Waals surface area contributed by atoms with Gasteiger partial charge in [0.1, 0.15) is 12.1 Å². The minimum atomic E-state index is 0.402. The molecule has 0 bridgehead atoms. The van der Waals surface area contributed by atoms with Gasteiger partial charge in [-0.1, -0.05) is 15.9 Å². The van der Waals surface area contributed by atoms with Gasteiger partial charge in [-0.25, -0.2) is 9.97 Å². The van der Waals surface area contributed by atoms with Gasteiger partial charge in [0.05, 0.1) is 12.1 Å². The predicted molar refractivity (Wildman–Crippen MR) is 83.2 cm³/mol. The number of aromatic nitrogens is 4. The Morgan fingerprint density at radius 2 is 2.14 bits per heavy atom. The van der Waals surface area contributed by atoms with Crippen molar-refractivity contribution in [2.24, 2.45) is 0 Å². The molecule has 1 N–H and O–H groups in total. The SMILES string of the molecule is CN(C)c1noc(CNc2ncnc3ccc(Br)cc23)n1. The Hall–Kier alpha value is -2.22. The standard InChI is InChI=1S/C13H13BrN6O/c1-20(2)13-18-11(21-19-13)6-15-12-9-5-8(14)3-4-10(9)16-7-17-12/h3-5,7H,6H2,1-2H3,(H,15,16,17). The molecule has 0 spiro atoms. The summed E-state index contributed by atoms with van der Waals surface area (Å²) in [5.74, 6) is 1.77. The lowest BCUT2D eigenvalue weighted by molar-refractivity contribution is 0.383. The number of hydrogen-bond acceptors (Lipinski definition) is 7. The van der Waals surface area contributed by atoms with Gasteiger partial charge in [-0.3, -0.25) is 0 Å². The molecule has 2 aromatic heterocycles. The molecule has 3 rings (SSSR count). The van der Waals surface area contributed by atoms with Crippen LogP contribution in [0.1, 0.15) is 5.89 Å². The third-order valence-electron chi connectivity index (χ3n) is 2.86. The van der Waals surface area contributed by atoms with Crippen molar-refractivity contribution in [3.63, 3.8) is 0 Å². The first kappa shape index (κ1) is 13.7. The van der Waals surface area contributed by atoms with Gasteiger partial charge in [0, 0.05) is 24.0 Å². The fourth-order valence-corrected chi connectivity index (χ4v) is 2.19. The van der Waals surface area contributed by atoms with E-state index in [4.69, 9.17) is 4.52 Å². The van der Waals surface area contributed by atoms with Crippen molar-refractivity contribution in [1.29, 1.82) is 0 Å². The van der Waals surface area contributed by atoms with E-state index in [0.29, 0.717) is 18.4 Å². The van der Waals surface area contributed by atoms with Crippen LogP contribution in [0.25, 0.3) is 10.9 Å². The molecular formula is C13H13BrN6O. The van der Waals surface area contributed by atoms with Gasteiger partial charge >= 0.3 is 0 Å². The molecule has 1 aromatic carbocycles. The van der Waals surface area contributed by atoms with Crippen LogP contribution in [0.4, 0.5) is 11.8 Å². The van der Waals surface area contributed by atoms with Gasteiger partial charge in [-0.05, 0) is 23.4 Å². The van der Waals surface area contributed by atoms with Crippen molar-refractivity contribution in [3.05, 3.63) is 34.9 Å². The molecule has 0 aliphatic heterocycles. The average Bonchev–Trinajstić information content (AvgIpc) is 2.94. The number of halogens is 1. The average molecular weight is 349 g/mol. The van der Waals surface area contributed by atoms with Crippen molar-refractivity contribution in [3.8, 4) is 0 Å². The van der Waals surface area contributed by atoms with E-state index in [1.807, 2.05) is 32.3 Å². The minimum absolute atomic E-state index is 0.402. The quantitative estimate of drug-likeness (QED) is 0.775. The summed E-state index contributed by atoms with van der Waals surface area (Å²) in [6, 6.07) is 5.85. The molecule has 3 aromatic rings. The zero-order valence-electron chi connectivity index (χ0n) is 11.5. The first-order valence-electron chi connectivity index (χ1n) is 6.27. The topological polar surface area (TPSA) is 80.0 Å². The fraction of sp³-hybridized carbons (Fsp3) is 0.231. The second-order valence-corrected chi connectivity index (χ2v) is 5.54. The first-order chi connectivity index (χ1) is 10.1. The smallest absolute Gasteiger partial charge is 0.265 e. The molecule has 0 aliphatic rings. The molecule has 108 valence electrons. The van der Waals surface area contributed by atoms with E-state index in [9.17, 15) is 0 Å².